The molecule has 0 aliphatic carbocycles. The average molecular weight is 249 g/mol. The smallest absolute Gasteiger partial charge is 0.258 e. The Kier molecular flexibility index (Phi) is 3.97. The molecule has 2 rings (SSSR count). The van der Waals surface area contributed by atoms with E-state index in [2.05, 4.69) is 42.7 Å². The van der Waals surface area contributed by atoms with Crippen LogP contribution in [-0.4, -0.2) is 36.3 Å². The van der Waals surface area contributed by atoms with E-state index in [1.807, 2.05) is 0 Å². The molecular formula is C9H15N9. The van der Waals surface area contributed by atoms with E-state index in [-0.39, 0.29) is 5.95 Å². The number of hydrogen-bond donors (Lipinski definition) is 3. The Hall–Kier alpha value is -2.29. The zero-order valence-electron chi connectivity index (χ0n) is 10.0. The monoisotopic (exact) mass is 249 g/mol. The van der Waals surface area contributed by atoms with Gasteiger partial charge < -0.3 is 5.32 Å². The number of hydrogen-bond acceptors (Lipinski definition) is 8. The van der Waals surface area contributed by atoms with Crippen LogP contribution in [0, 0.1) is 0 Å². The lowest BCUT2D eigenvalue weighted by Crippen LogP contribution is -2.16. The number of hydrazine groups is 1. The molecule has 0 saturated carbocycles. The molecule has 0 saturated heterocycles. The lowest BCUT2D eigenvalue weighted by Gasteiger charge is -2.07. The third kappa shape index (κ3) is 2.88. The van der Waals surface area contributed by atoms with E-state index in [1.54, 1.807) is 0 Å². The summed E-state index contributed by atoms with van der Waals surface area (Å²) in [5, 5.41) is 7.06. The molecule has 0 unspecified atom stereocenters. The van der Waals surface area contributed by atoms with Gasteiger partial charge in [0, 0.05) is 6.54 Å². The highest BCUT2D eigenvalue weighted by atomic mass is 15.4. The molecule has 0 fully saturated rings. The molecule has 0 aliphatic rings. The van der Waals surface area contributed by atoms with E-state index in [0.29, 0.717) is 11.9 Å². The Bertz CT molecular complexity index is 481. The number of rotatable bonds is 6. The Morgan fingerprint density at radius 3 is 2.78 bits per heavy atom. The molecule has 4 N–H and O–H groups in total. The van der Waals surface area contributed by atoms with Gasteiger partial charge in [0.05, 0.1) is 0 Å². The van der Waals surface area contributed by atoms with E-state index in [4.69, 9.17) is 5.84 Å². The molecule has 0 spiro atoms. The third-order valence-corrected chi connectivity index (χ3v) is 2.19. The highest BCUT2D eigenvalue weighted by Crippen LogP contribution is 2.07. The predicted octanol–water partition coefficient (Wildman–Crippen LogP) is -0.0501. The van der Waals surface area contributed by atoms with Gasteiger partial charge in [-0.05, 0) is 6.42 Å². The van der Waals surface area contributed by atoms with Gasteiger partial charge in [-0.25, -0.2) is 10.8 Å². The zero-order chi connectivity index (χ0) is 12.8. The minimum Gasteiger partial charge on any atom is -0.354 e. The van der Waals surface area contributed by atoms with E-state index < -0.39 is 0 Å². The van der Waals surface area contributed by atoms with Crippen LogP contribution in [0.1, 0.15) is 19.8 Å². The van der Waals surface area contributed by atoms with Crippen LogP contribution in [0.2, 0.25) is 0 Å². The van der Waals surface area contributed by atoms with Crippen LogP contribution < -0.4 is 16.6 Å². The second-order valence-corrected chi connectivity index (χ2v) is 3.55. The number of nitrogen functional groups attached to an aromatic ring is 1. The molecule has 0 bridgehead atoms. The first-order valence-electron chi connectivity index (χ1n) is 5.65. The van der Waals surface area contributed by atoms with Crippen LogP contribution in [0.4, 0.5) is 11.9 Å². The van der Waals surface area contributed by atoms with Crippen molar-refractivity contribution in [2.75, 3.05) is 17.3 Å². The average Bonchev–Trinajstić information content (AvgIpc) is 2.92. The van der Waals surface area contributed by atoms with E-state index in [9.17, 15) is 0 Å². The minimum atomic E-state index is 0.273. The molecular weight excluding hydrogens is 234 g/mol. The molecule has 18 heavy (non-hydrogen) atoms. The van der Waals surface area contributed by atoms with Crippen molar-refractivity contribution >= 4 is 11.9 Å². The number of anilines is 2. The topological polar surface area (TPSA) is 119 Å². The molecule has 2 aromatic heterocycles. The number of nitrogens with one attached hydrogen (secondary N) is 2. The van der Waals surface area contributed by atoms with Gasteiger partial charge in [0.15, 0.2) is 0 Å². The summed E-state index contributed by atoms with van der Waals surface area (Å²) in [6.07, 6.45) is 5.04. The van der Waals surface area contributed by atoms with Gasteiger partial charge in [-0.2, -0.15) is 24.7 Å². The Morgan fingerprint density at radius 2 is 2.11 bits per heavy atom. The molecule has 0 atom stereocenters. The highest BCUT2D eigenvalue weighted by molar-refractivity contribution is 5.36. The lowest BCUT2D eigenvalue weighted by molar-refractivity contribution is 0.785. The van der Waals surface area contributed by atoms with Crippen molar-refractivity contribution in [3.8, 4) is 5.95 Å². The second kappa shape index (κ2) is 5.87. The summed E-state index contributed by atoms with van der Waals surface area (Å²) >= 11 is 0. The van der Waals surface area contributed by atoms with Gasteiger partial charge in [0.1, 0.15) is 12.7 Å². The normalized spacial score (nSPS) is 10.3. The molecule has 0 aromatic carbocycles. The summed E-state index contributed by atoms with van der Waals surface area (Å²) in [5.74, 6) is 6.40. The maximum Gasteiger partial charge on any atom is 0.258 e. The van der Waals surface area contributed by atoms with Crippen LogP contribution >= 0.6 is 0 Å². The van der Waals surface area contributed by atoms with Gasteiger partial charge in [-0.1, -0.05) is 13.3 Å². The highest BCUT2D eigenvalue weighted by Gasteiger charge is 2.07. The molecule has 96 valence electrons. The molecule has 2 heterocycles. The first-order chi connectivity index (χ1) is 8.83. The molecule has 9 heteroatoms. The Labute approximate surface area is 104 Å². The van der Waals surface area contributed by atoms with Crippen molar-refractivity contribution < 1.29 is 0 Å². The second-order valence-electron chi connectivity index (χ2n) is 3.55. The summed E-state index contributed by atoms with van der Waals surface area (Å²) < 4.78 is 1.44. The summed E-state index contributed by atoms with van der Waals surface area (Å²) in [6.45, 7) is 2.91. The van der Waals surface area contributed by atoms with Crippen molar-refractivity contribution in [3.63, 3.8) is 0 Å². The fourth-order valence-corrected chi connectivity index (χ4v) is 1.30. The van der Waals surface area contributed by atoms with Crippen molar-refractivity contribution in [2.45, 2.75) is 19.8 Å². The first-order valence-corrected chi connectivity index (χ1v) is 5.65. The van der Waals surface area contributed by atoms with Crippen molar-refractivity contribution in [2.24, 2.45) is 5.84 Å². The van der Waals surface area contributed by atoms with Crippen LogP contribution in [0.25, 0.3) is 5.95 Å². The summed E-state index contributed by atoms with van der Waals surface area (Å²) in [5.41, 5.74) is 2.40. The molecule has 0 amide bonds. The first kappa shape index (κ1) is 12.2. The summed E-state index contributed by atoms with van der Waals surface area (Å²) in [4.78, 5) is 16.3. The largest absolute Gasteiger partial charge is 0.354 e. The molecule has 2 aromatic rings. The van der Waals surface area contributed by atoms with E-state index in [1.165, 1.54) is 17.3 Å². The Balaban J connectivity index is 2.22. The van der Waals surface area contributed by atoms with Crippen LogP contribution in [0.3, 0.4) is 0 Å². The van der Waals surface area contributed by atoms with Crippen molar-refractivity contribution in [3.05, 3.63) is 12.7 Å². The lowest BCUT2D eigenvalue weighted by atomic mass is 10.3. The van der Waals surface area contributed by atoms with E-state index >= 15 is 0 Å². The maximum atomic E-state index is 5.32. The fraction of sp³-hybridized carbons (Fsp3) is 0.444. The number of nitrogens with two attached hydrogens (primary N) is 1. The van der Waals surface area contributed by atoms with Gasteiger partial charge in [0.2, 0.25) is 11.9 Å². The van der Waals surface area contributed by atoms with Gasteiger partial charge in [0.25, 0.3) is 5.95 Å². The minimum absolute atomic E-state index is 0.273. The van der Waals surface area contributed by atoms with Gasteiger partial charge in [-0.3, -0.25) is 5.43 Å². The van der Waals surface area contributed by atoms with Gasteiger partial charge in [-0.15, -0.1) is 0 Å². The zero-order valence-corrected chi connectivity index (χ0v) is 10.0. The SMILES string of the molecule is CCCCNc1nc(NN)nc(-n2cncn2)n1. The third-order valence-electron chi connectivity index (χ3n) is 2.19. The number of unbranched alkanes of at least 4 members (excludes halogenated alkanes) is 1. The number of nitrogens with zero attached hydrogens (tertiary/aromatic N) is 6. The molecule has 0 radical (unpaired) electrons. The maximum absolute atomic E-state index is 5.32. The molecule has 9 nitrogen and oxygen atoms in total. The van der Waals surface area contributed by atoms with Crippen molar-refractivity contribution in [1.82, 2.24) is 29.7 Å². The van der Waals surface area contributed by atoms with Crippen LogP contribution in [-0.2, 0) is 0 Å². The molecule has 0 aliphatic heterocycles. The van der Waals surface area contributed by atoms with Crippen LogP contribution in [0.5, 0.6) is 0 Å². The fourth-order valence-electron chi connectivity index (χ4n) is 1.30. The van der Waals surface area contributed by atoms with Crippen LogP contribution in [0.15, 0.2) is 12.7 Å². The summed E-state index contributed by atoms with van der Waals surface area (Å²) in [7, 11) is 0. The predicted molar refractivity (Wildman–Crippen MR) is 66.0 cm³/mol. The van der Waals surface area contributed by atoms with E-state index in [0.717, 1.165) is 19.4 Å². The van der Waals surface area contributed by atoms with Crippen molar-refractivity contribution in [1.29, 1.82) is 0 Å². The standard InChI is InChI=1S/C9H15N9/c1-2-3-4-12-7-14-8(17-10)16-9(15-7)18-6-11-5-13-18/h5-6H,2-4,10H2,1H3,(H2,12,14,15,16,17). The quantitative estimate of drug-likeness (QED) is 0.370. The Morgan fingerprint density at radius 1 is 1.28 bits per heavy atom. The van der Waals surface area contributed by atoms with Gasteiger partial charge >= 0.3 is 0 Å². The summed E-state index contributed by atoms with van der Waals surface area (Å²) in [6, 6.07) is 0. The number of aromatic nitrogens is 6.